The fourth-order valence-electron chi connectivity index (χ4n) is 3.76. The Hall–Kier alpha value is -2.92. The van der Waals surface area contributed by atoms with Gasteiger partial charge in [0.15, 0.2) is 0 Å². The molecule has 0 saturated carbocycles. The molecular weight excluding hydrogens is 422 g/mol. The molecule has 6 heteroatoms. The molecule has 0 amide bonds. The van der Waals surface area contributed by atoms with E-state index in [-0.39, 0.29) is 5.88 Å². The topological polar surface area (TPSA) is 67.6 Å². The lowest BCUT2D eigenvalue weighted by atomic mass is 10.0. The SMILES string of the molecule is COc1c(C)cc(/C(C)=N/c2c(O)nc(Cc3ccc(Cl)cc3)nc2CC(C)C)cc1C. The first kappa shape index (κ1) is 23.7. The van der Waals surface area contributed by atoms with E-state index in [2.05, 4.69) is 18.8 Å². The number of rotatable bonds is 7. The van der Waals surface area contributed by atoms with Crippen molar-refractivity contribution in [2.75, 3.05) is 7.11 Å². The summed E-state index contributed by atoms with van der Waals surface area (Å²) in [6, 6.07) is 11.6. The van der Waals surface area contributed by atoms with Crippen molar-refractivity contribution in [3.05, 3.63) is 75.2 Å². The Kier molecular flexibility index (Phi) is 7.52. The van der Waals surface area contributed by atoms with Gasteiger partial charge in [-0.1, -0.05) is 37.6 Å². The Morgan fingerprint density at radius 3 is 2.28 bits per heavy atom. The smallest absolute Gasteiger partial charge is 0.241 e. The number of aryl methyl sites for hydroxylation is 2. The Morgan fingerprint density at radius 2 is 1.72 bits per heavy atom. The van der Waals surface area contributed by atoms with Crippen molar-refractivity contribution in [2.45, 2.75) is 47.5 Å². The molecule has 0 aliphatic carbocycles. The summed E-state index contributed by atoms with van der Waals surface area (Å²) < 4.78 is 5.47. The van der Waals surface area contributed by atoms with Gasteiger partial charge in [-0.3, -0.25) is 0 Å². The van der Waals surface area contributed by atoms with Crippen LogP contribution in [0.5, 0.6) is 11.6 Å². The summed E-state index contributed by atoms with van der Waals surface area (Å²) in [5.41, 5.74) is 6.05. The summed E-state index contributed by atoms with van der Waals surface area (Å²) in [5.74, 6) is 1.70. The van der Waals surface area contributed by atoms with Crippen LogP contribution in [0.25, 0.3) is 0 Å². The largest absolute Gasteiger partial charge is 0.496 e. The number of nitrogens with zero attached hydrogens (tertiary/aromatic N) is 3. The standard InChI is InChI=1S/C26H30ClN3O2/c1-15(2)11-22-24(28-18(5)20-12-16(3)25(32-6)17(4)13-20)26(31)30-23(29-22)14-19-7-9-21(27)10-8-19/h7-10,12-13,15H,11,14H2,1-6H3,(H,29,30,31)/b28-18+. The number of hydrogen-bond acceptors (Lipinski definition) is 5. The second-order valence-corrected chi connectivity index (χ2v) is 8.94. The minimum atomic E-state index is -0.0964. The predicted molar refractivity (Wildman–Crippen MR) is 131 cm³/mol. The van der Waals surface area contributed by atoms with Gasteiger partial charge in [0, 0.05) is 17.2 Å². The first-order valence-corrected chi connectivity index (χ1v) is 11.1. The lowest BCUT2D eigenvalue weighted by molar-refractivity contribution is 0.408. The zero-order valence-corrected chi connectivity index (χ0v) is 20.3. The van der Waals surface area contributed by atoms with Crippen molar-refractivity contribution < 1.29 is 9.84 Å². The molecule has 3 rings (SSSR count). The molecule has 1 aromatic heterocycles. The third kappa shape index (κ3) is 5.65. The fourth-order valence-corrected chi connectivity index (χ4v) is 3.88. The highest BCUT2D eigenvalue weighted by Crippen LogP contribution is 2.32. The van der Waals surface area contributed by atoms with Crippen molar-refractivity contribution in [1.82, 2.24) is 9.97 Å². The number of aliphatic imine (C=N–C) groups is 1. The number of halogens is 1. The van der Waals surface area contributed by atoms with E-state index in [1.54, 1.807) is 7.11 Å². The van der Waals surface area contributed by atoms with E-state index in [9.17, 15) is 5.11 Å². The second kappa shape index (κ2) is 10.1. The van der Waals surface area contributed by atoms with Crippen LogP contribution in [0.1, 0.15) is 54.5 Å². The van der Waals surface area contributed by atoms with Crippen LogP contribution in [0.3, 0.4) is 0 Å². The summed E-state index contributed by atoms with van der Waals surface area (Å²) >= 11 is 5.99. The van der Waals surface area contributed by atoms with Crippen molar-refractivity contribution >= 4 is 23.0 Å². The first-order valence-electron chi connectivity index (χ1n) is 10.7. The van der Waals surface area contributed by atoms with Crippen LogP contribution in [0, 0.1) is 19.8 Å². The Balaban J connectivity index is 2.02. The van der Waals surface area contributed by atoms with E-state index < -0.39 is 0 Å². The Bertz CT molecular complexity index is 1120. The monoisotopic (exact) mass is 451 g/mol. The zero-order valence-electron chi connectivity index (χ0n) is 19.5. The average molecular weight is 452 g/mol. The van der Waals surface area contributed by atoms with Crippen LogP contribution in [0.15, 0.2) is 41.4 Å². The predicted octanol–water partition coefficient (Wildman–Crippen LogP) is 6.39. The van der Waals surface area contributed by atoms with Gasteiger partial charge in [-0.15, -0.1) is 0 Å². The minimum Gasteiger partial charge on any atom is -0.496 e. The molecule has 0 unspecified atom stereocenters. The molecule has 5 nitrogen and oxygen atoms in total. The van der Waals surface area contributed by atoms with Gasteiger partial charge >= 0.3 is 0 Å². The second-order valence-electron chi connectivity index (χ2n) is 8.50. The van der Waals surface area contributed by atoms with Crippen LogP contribution in [0.4, 0.5) is 5.69 Å². The van der Waals surface area contributed by atoms with Gasteiger partial charge in [0.05, 0.1) is 12.8 Å². The number of aromatic nitrogens is 2. The molecule has 3 aromatic rings. The van der Waals surface area contributed by atoms with Gasteiger partial charge < -0.3 is 9.84 Å². The number of benzene rings is 2. The Morgan fingerprint density at radius 1 is 1.09 bits per heavy atom. The number of methoxy groups -OCH3 is 1. The summed E-state index contributed by atoms with van der Waals surface area (Å²) in [5, 5.41) is 11.5. The highest BCUT2D eigenvalue weighted by Gasteiger charge is 2.16. The summed E-state index contributed by atoms with van der Waals surface area (Å²) in [6.07, 6.45) is 1.20. The van der Waals surface area contributed by atoms with E-state index in [1.165, 1.54) is 0 Å². The van der Waals surface area contributed by atoms with Crippen LogP contribution in [0.2, 0.25) is 5.02 Å². The highest BCUT2D eigenvalue weighted by molar-refractivity contribution is 6.30. The van der Waals surface area contributed by atoms with Crippen LogP contribution >= 0.6 is 11.6 Å². The van der Waals surface area contributed by atoms with E-state index in [4.69, 9.17) is 26.3 Å². The van der Waals surface area contributed by atoms with Gasteiger partial charge in [-0.25, -0.2) is 9.98 Å². The van der Waals surface area contributed by atoms with Crippen LogP contribution in [-0.4, -0.2) is 27.9 Å². The van der Waals surface area contributed by atoms with Crippen LogP contribution in [-0.2, 0) is 12.8 Å². The molecule has 0 aliphatic rings. The third-order valence-electron chi connectivity index (χ3n) is 5.22. The summed E-state index contributed by atoms with van der Waals surface area (Å²) in [7, 11) is 1.68. The van der Waals surface area contributed by atoms with E-state index in [0.717, 1.165) is 39.4 Å². The molecule has 0 aliphatic heterocycles. The van der Waals surface area contributed by atoms with Crippen molar-refractivity contribution in [2.24, 2.45) is 10.9 Å². The van der Waals surface area contributed by atoms with Crippen molar-refractivity contribution in [1.29, 1.82) is 0 Å². The third-order valence-corrected chi connectivity index (χ3v) is 5.47. The molecule has 0 atom stereocenters. The molecule has 32 heavy (non-hydrogen) atoms. The number of ether oxygens (including phenoxy) is 1. The molecule has 1 N–H and O–H groups in total. The number of aromatic hydroxyl groups is 1. The van der Waals surface area contributed by atoms with Gasteiger partial charge in [0.25, 0.3) is 0 Å². The quantitative estimate of drug-likeness (QED) is 0.422. The fraction of sp³-hybridized carbons (Fsp3) is 0.346. The van der Waals surface area contributed by atoms with Crippen LogP contribution < -0.4 is 4.74 Å². The maximum Gasteiger partial charge on any atom is 0.241 e. The maximum absolute atomic E-state index is 10.8. The van der Waals surface area contributed by atoms with Gasteiger partial charge in [0.1, 0.15) is 17.3 Å². The van der Waals surface area contributed by atoms with Crippen molar-refractivity contribution in [3.8, 4) is 11.6 Å². The molecule has 0 saturated heterocycles. The molecule has 0 spiro atoms. The van der Waals surface area contributed by atoms with Crippen molar-refractivity contribution in [3.63, 3.8) is 0 Å². The van der Waals surface area contributed by atoms with E-state index in [1.807, 2.05) is 57.2 Å². The summed E-state index contributed by atoms with van der Waals surface area (Å²) in [6.45, 7) is 10.2. The maximum atomic E-state index is 10.8. The molecule has 168 valence electrons. The molecule has 0 fully saturated rings. The lowest BCUT2D eigenvalue weighted by Crippen LogP contribution is -2.06. The molecule has 2 aromatic carbocycles. The molecule has 1 heterocycles. The highest BCUT2D eigenvalue weighted by atomic mass is 35.5. The van der Waals surface area contributed by atoms with E-state index in [0.29, 0.717) is 35.3 Å². The average Bonchev–Trinajstić information content (AvgIpc) is 2.71. The minimum absolute atomic E-state index is 0.0964. The van der Waals surface area contributed by atoms with E-state index >= 15 is 0 Å². The Labute approximate surface area is 195 Å². The van der Waals surface area contributed by atoms with Gasteiger partial charge in [-0.2, -0.15) is 4.98 Å². The summed E-state index contributed by atoms with van der Waals surface area (Å²) in [4.78, 5) is 13.9. The van der Waals surface area contributed by atoms with Gasteiger partial charge in [0.2, 0.25) is 5.88 Å². The van der Waals surface area contributed by atoms with Gasteiger partial charge in [-0.05, 0) is 79.6 Å². The molecule has 0 bridgehead atoms. The zero-order chi connectivity index (χ0) is 23.4. The molecular formula is C26H30ClN3O2. The molecule has 0 radical (unpaired) electrons. The normalized spacial score (nSPS) is 11.8. The first-order chi connectivity index (χ1) is 15.2. The lowest BCUT2D eigenvalue weighted by Gasteiger charge is -2.14. The number of hydrogen-bond donors (Lipinski definition) is 1.